The minimum absolute atomic E-state index is 0.0779. The Hall–Kier alpha value is -1.52. The maximum atomic E-state index is 12.9. The van der Waals surface area contributed by atoms with E-state index in [2.05, 4.69) is 28.6 Å². The molecule has 3 nitrogen and oxygen atoms in total. The van der Waals surface area contributed by atoms with Crippen LogP contribution < -0.4 is 14.8 Å². The van der Waals surface area contributed by atoms with Crippen LogP contribution >= 0.6 is 0 Å². The summed E-state index contributed by atoms with van der Waals surface area (Å²) in [6, 6.07) is 5.11. The molecule has 0 saturated heterocycles. The molecule has 1 aliphatic rings. The second-order valence-electron chi connectivity index (χ2n) is 4.37. The van der Waals surface area contributed by atoms with Gasteiger partial charge in [0.2, 0.25) is 0 Å². The molecule has 1 atom stereocenters. The highest BCUT2D eigenvalue weighted by Gasteiger charge is 2.43. The van der Waals surface area contributed by atoms with Crippen LogP contribution in [0.4, 0.5) is 14.5 Å². The zero-order chi connectivity index (χ0) is 13.2. The third-order valence-corrected chi connectivity index (χ3v) is 2.90. The number of hydrogen-bond acceptors (Lipinski definition) is 3. The van der Waals surface area contributed by atoms with Gasteiger partial charge in [-0.2, -0.15) is 0 Å². The Balaban J connectivity index is 2.09. The van der Waals surface area contributed by atoms with Crippen LogP contribution in [0, 0.1) is 0 Å². The molecule has 0 bridgehead atoms. The van der Waals surface area contributed by atoms with Crippen molar-refractivity contribution in [2.24, 2.45) is 0 Å². The van der Waals surface area contributed by atoms with Crippen molar-refractivity contribution in [1.29, 1.82) is 0 Å². The summed E-state index contributed by atoms with van der Waals surface area (Å²) in [7, 11) is 0. The minimum Gasteiger partial charge on any atom is -0.395 e. The van der Waals surface area contributed by atoms with Crippen LogP contribution in [0.2, 0.25) is 0 Å². The Morgan fingerprint density at radius 2 is 1.94 bits per heavy atom. The molecule has 0 saturated carbocycles. The van der Waals surface area contributed by atoms with Gasteiger partial charge in [-0.1, -0.05) is 20.3 Å². The SMILES string of the molecule is CCCC(CC)Nc1ccc2c(c1)OC(F)(F)O2. The highest BCUT2D eigenvalue weighted by Crippen LogP contribution is 2.42. The van der Waals surface area contributed by atoms with Crippen molar-refractivity contribution in [3.8, 4) is 11.5 Å². The molecule has 0 fully saturated rings. The molecule has 0 amide bonds. The van der Waals surface area contributed by atoms with Gasteiger partial charge >= 0.3 is 6.29 Å². The van der Waals surface area contributed by atoms with Gasteiger partial charge in [0.15, 0.2) is 11.5 Å². The fraction of sp³-hybridized carbons (Fsp3) is 0.538. The van der Waals surface area contributed by atoms with Gasteiger partial charge in [-0.15, -0.1) is 8.78 Å². The lowest BCUT2D eigenvalue weighted by atomic mass is 10.1. The van der Waals surface area contributed by atoms with Gasteiger partial charge in [-0.05, 0) is 25.0 Å². The molecule has 1 unspecified atom stereocenters. The van der Waals surface area contributed by atoms with Gasteiger partial charge in [0, 0.05) is 17.8 Å². The highest BCUT2D eigenvalue weighted by molar-refractivity contribution is 5.56. The number of anilines is 1. The first kappa shape index (κ1) is 12.9. The van der Waals surface area contributed by atoms with E-state index in [1.54, 1.807) is 12.1 Å². The van der Waals surface area contributed by atoms with E-state index in [1.165, 1.54) is 6.07 Å². The number of nitrogens with one attached hydrogen (secondary N) is 1. The van der Waals surface area contributed by atoms with E-state index in [0.717, 1.165) is 24.9 Å². The van der Waals surface area contributed by atoms with E-state index in [0.29, 0.717) is 6.04 Å². The molecule has 0 radical (unpaired) electrons. The van der Waals surface area contributed by atoms with Crippen LogP contribution in [0.15, 0.2) is 18.2 Å². The lowest BCUT2D eigenvalue weighted by Crippen LogP contribution is -2.25. The third kappa shape index (κ3) is 2.83. The second-order valence-corrected chi connectivity index (χ2v) is 4.37. The maximum Gasteiger partial charge on any atom is 0.586 e. The number of hydrogen-bond donors (Lipinski definition) is 1. The smallest absolute Gasteiger partial charge is 0.395 e. The van der Waals surface area contributed by atoms with E-state index in [1.807, 2.05) is 0 Å². The molecule has 100 valence electrons. The number of rotatable bonds is 5. The molecular weight excluding hydrogens is 240 g/mol. The summed E-state index contributed by atoms with van der Waals surface area (Å²) < 4.78 is 34.5. The van der Waals surface area contributed by atoms with E-state index >= 15 is 0 Å². The van der Waals surface area contributed by atoms with Crippen molar-refractivity contribution in [2.45, 2.75) is 45.4 Å². The summed E-state index contributed by atoms with van der Waals surface area (Å²) in [6.07, 6.45) is -0.442. The van der Waals surface area contributed by atoms with Crippen molar-refractivity contribution in [2.75, 3.05) is 5.32 Å². The van der Waals surface area contributed by atoms with Crippen LogP contribution in [0.5, 0.6) is 11.5 Å². The highest BCUT2D eigenvalue weighted by atomic mass is 19.3. The van der Waals surface area contributed by atoms with Crippen molar-refractivity contribution in [1.82, 2.24) is 0 Å². The van der Waals surface area contributed by atoms with Gasteiger partial charge in [0.05, 0.1) is 0 Å². The standard InChI is InChI=1S/C13H17F2NO2/c1-3-5-9(4-2)16-10-6-7-11-12(8-10)18-13(14,15)17-11/h6-9,16H,3-5H2,1-2H3. The summed E-state index contributed by atoms with van der Waals surface area (Å²) in [4.78, 5) is 0. The molecule has 1 N–H and O–H groups in total. The Morgan fingerprint density at radius 1 is 1.22 bits per heavy atom. The van der Waals surface area contributed by atoms with Gasteiger partial charge in [0.1, 0.15) is 0 Å². The number of halogens is 2. The summed E-state index contributed by atoms with van der Waals surface area (Å²) in [6.45, 7) is 4.21. The Morgan fingerprint density at radius 3 is 2.61 bits per heavy atom. The molecule has 0 spiro atoms. The number of ether oxygens (including phenoxy) is 2. The number of fused-ring (bicyclic) bond motifs is 1. The predicted molar refractivity (Wildman–Crippen MR) is 65.3 cm³/mol. The summed E-state index contributed by atoms with van der Waals surface area (Å²) in [5.74, 6) is 0.158. The molecule has 5 heteroatoms. The summed E-state index contributed by atoms with van der Waals surface area (Å²) in [5, 5.41) is 3.31. The van der Waals surface area contributed by atoms with Gasteiger partial charge in [-0.3, -0.25) is 0 Å². The zero-order valence-electron chi connectivity index (χ0n) is 10.5. The average Bonchev–Trinajstić information content (AvgIpc) is 2.61. The van der Waals surface area contributed by atoms with Gasteiger partial charge in [-0.25, -0.2) is 0 Å². The number of benzene rings is 1. The maximum absolute atomic E-state index is 12.9. The number of alkyl halides is 2. The molecular formula is C13H17F2NO2. The molecule has 1 aromatic rings. The third-order valence-electron chi connectivity index (χ3n) is 2.90. The summed E-state index contributed by atoms with van der Waals surface area (Å²) in [5.41, 5.74) is 0.773. The summed E-state index contributed by atoms with van der Waals surface area (Å²) >= 11 is 0. The van der Waals surface area contributed by atoms with Crippen LogP contribution in [0.25, 0.3) is 0 Å². The van der Waals surface area contributed by atoms with E-state index < -0.39 is 6.29 Å². The normalized spacial score (nSPS) is 17.6. The minimum atomic E-state index is -3.55. The topological polar surface area (TPSA) is 30.5 Å². The molecule has 18 heavy (non-hydrogen) atoms. The first-order chi connectivity index (χ1) is 8.54. The predicted octanol–water partition coefficient (Wildman–Crippen LogP) is 4.00. The largest absolute Gasteiger partial charge is 0.586 e. The Bertz CT molecular complexity index is 423. The fourth-order valence-corrected chi connectivity index (χ4v) is 2.00. The molecule has 1 aromatic carbocycles. The van der Waals surface area contributed by atoms with Gasteiger partial charge in [0.25, 0.3) is 0 Å². The van der Waals surface area contributed by atoms with Gasteiger partial charge < -0.3 is 14.8 Å². The van der Waals surface area contributed by atoms with Crippen LogP contribution in [0.3, 0.4) is 0 Å². The second kappa shape index (κ2) is 5.00. The Labute approximate surface area is 105 Å². The van der Waals surface area contributed by atoms with Crippen molar-refractivity contribution in [3.05, 3.63) is 18.2 Å². The molecule has 2 rings (SSSR count). The molecule has 0 aliphatic carbocycles. The Kier molecular flexibility index (Phi) is 3.59. The van der Waals surface area contributed by atoms with Crippen LogP contribution in [0.1, 0.15) is 33.1 Å². The van der Waals surface area contributed by atoms with Crippen molar-refractivity contribution >= 4 is 5.69 Å². The lowest BCUT2D eigenvalue weighted by Gasteiger charge is -2.17. The first-order valence-electron chi connectivity index (χ1n) is 6.20. The monoisotopic (exact) mass is 257 g/mol. The van der Waals surface area contributed by atoms with E-state index in [-0.39, 0.29) is 11.5 Å². The molecule has 1 heterocycles. The zero-order valence-corrected chi connectivity index (χ0v) is 10.5. The molecule has 1 aliphatic heterocycles. The fourth-order valence-electron chi connectivity index (χ4n) is 2.00. The van der Waals surface area contributed by atoms with Crippen LogP contribution in [-0.2, 0) is 0 Å². The van der Waals surface area contributed by atoms with Crippen molar-refractivity contribution in [3.63, 3.8) is 0 Å². The lowest BCUT2D eigenvalue weighted by molar-refractivity contribution is -0.286. The van der Waals surface area contributed by atoms with Crippen molar-refractivity contribution < 1.29 is 18.3 Å². The van der Waals surface area contributed by atoms with Crippen LogP contribution in [-0.4, -0.2) is 12.3 Å². The average molecular weight is 257 g/mol. The molecule has 0 aromatic heterocycles. The quantitative estimate of drug-likeness (QED) is 0.864. The van der Waals surface area contributed by atoms with E-state index in [9.17, 15) is 8.78 Å². The van der Waals surface area contributed by atoms with E-state index in [4.69, 9.17) is 0 Å². The first-order valence-corrected chi connectivity index (χ1v) is 6.20.